The van der Waals surface area contributed by atoms with Crippen LogP contribution in [0, 0.1) is 12.3 Å². The molecule has 4 heteroatoms. The quantitative estimate of drug-likeness (QED) is 0.854. The first-order chi connectivity index (χ1) is 9.48. The van der Waals surface area contributed by atoms with Crippen molar-refractivity contribution in [3.63, 3.8) is 0 Å². The molecule has 1 aromatic heterocycles. The van der Waals surface area contributed by atoms with Crippen molar-refractivity contribution in [3.05, 3.63) is 11.9 Å². The number of rotatable bonds is 5. The average Bonchev–Trinajstić information content (AvgIpc) is 2.34. The minimum absolute atomic E-state index is 0.446. The van der Waals surface area contributed by atoms with Crippen molar-refractivity contribution in [2.45, 2.75) is 65.8 Å². The highest BCUT2D eigenvalue weighted by Gasteiger charge is 2.28. The highest BCUT2D eigenvalue weighted by atomic mass is 15.1. The minimum Gasteiger partial charge on any atom is -0.370 e. The maximum Gasteiger partial charge on any atom is 0.132 e. The van der Waals surface area contributed by atoms with Gasteiger partial charge in [-0.05, 0) is 38.0 Å². The largest absolute Gasteiger partial charge is 0.370 e. The van der Waals surface area contributed by atoms with Crippen molar-refractivity contribution in [3.8, 4) is 0 Å². The van der Waals surface area contributed by atoms with Gasteiger partial charge in [-0.2, -0.15) is 0 Å². The van der Waals surface area contributed by atoms with Gasteiger partial charge in [0.1, 0.15) is 17.5 Å². The summed E-state index contributed by atoms with van der Waals surface area (Å²) in [6, 6.07) is 2.57. The Morgan fingerprint density at radius 3 is 2.75 bits per heavy atom. The van der Waals surface area contributed by atoms with Crippen molar-refractivity contribution in [2.24, 2.45) is 5.41 Å². The molecule has 20 heavy (non-hydrogen) atoms. The molecule has 0 amide bonds. The summed E-state index contributed by atoms with van der Waals surface area (Å²) in [4.78, 5) is 8.95. The van der Waals surface area contributed by atoms with Crippen LogP contribution in [0.1, 0.15) is 58.7 Å². The van der Waals surface area contributed by atoms with Crippen LogP contribution in [0.4, 0.5) is 11.6 Å². The lowest BCUT2D eigenvalue weighted by atomic mass is 9.75. The van der Waals surface area contributed by atoms with E-state index in [9.17, 15) is 0 Å². The molecule has 0 aliphatic heterocycles. The van der Waals surface area contributed by atoms with Crippen LogP contribution in [0.2, 0.25) is 0 Å². The molecule has 1 unspecified atom stereocenters. The van der Waals surface area contributed by atoms with Gasteiger partial charge in [-0.1, -0.05) is 27.2 Å². The minimum atomic E-state index is 0.446. The van der Waals surface area contributed by atoms with E-state index < -0.39 is 0 Å². The first-order valence-corrected chi connectivity index (χ1v) is 7.84. The monoisotopic (exact) mass is 276 g/mol. The smallest absolute Gasteiger partial charge is 0.132 e. The molecule has 1 fully saturated rings. The summed E-state index contributed by atoms with van der Waals surface area (Å²) in [7, 11) is 0. The van der Waals surface area contributed by atoms with Crippen LogP contribution in [-0.4, -0.2) is 22.6 Å². The number of aromatic nitrogens is 2. The van der Waals surface area contributed by atoms with Gasteiger partial charge in [0.15, 0.2) is 0 Å². The third kappa shape index (κ3) is 4.36. The summed E-state index contributed by atoms with van der Waals surface area (Å²) in [5.74, 6) is 2.71. The van der Waals surface area contributed by atoms with Gasteiger partial charge < -0.3 is 10.6 Å². The van der Waals surface area contributed by atoms with E-state index in [-0.39, 0.29) is 0 Å². The van der Waals surface area contributed by atoms with Gasteiger partial charge in [0.05, 0.1) is 0 Å². The molecule has 1 heterocycles. The molecule has 0 spiro atoms. The molecule has 2 rings (SSSR count). The number of aryl methyl sites for hydroxylation is 1. The molecule has 1 aromatic rings. The predicted molar refractivity (Wildman–Crippen MR) is 85.2 cm³/mol. The topological polar surface area (TPSA) is 49.8 Å². The van der Waals surface area contributed by atoms with Gasteiger partial charge in [0.25, 0.3) is 0 Å². The highest BCUT2D eigenvalue weighted by molar-refractivity contribution is 5.48. The van der Waals surface area contributed by atoms with Crippen molar-refractivity contribution in [2.75, 3.05) is 17.2 Å². The lowest BCUT2D eigenvalue weighted by Crippen LogP contribution is -2.32. The Kier molecular flexibility index (Phi) is 4.84. The zero-order chi connectivity index (χ0) is 14.6. The van der Waals surface area contributed by atoms with E-state index in [0.29, 0.717) is 11.5 Å². The van der Waals surface area contributed by atoms with E-state index in [0.717, 1.165) is 30.4 Å². The normalized spacial score (nSPS) is 21.5. The molecular formula is C16H28N4. The average molecular weight is 276 g/mol. The third-order valence-corrected chi connectivity index (χ3v) is 3.95. The maximum atomic E-state index is 4.52. The highest BCUT2D eigenvalue weighted by Crippen LogP contribution is 2.36. The van der Waals surface area contributed by atoms with Crippen LogP contribution in [0.25, 0.3) is 0 Å². The van der Waals surface area contributed by atoms with Crippen molar-refractivity contribution < 1.29 is 0 Å². The van der Waals surface area contributed by atoms with Crippen LogP contribution >= 0.6 is 0 Å². The van der Waals surface area contributed by atoms with Crippen molar-refractivity contribution in [1.82, 2.24) is 9.97 Å². The van der Waals surface area contributed by atoms with Crippen LogP contribution in [0.5, 0.6) is 0 Å². The second kappa shape index (κ2) is 6.42. The molecule has 1 saturated carbocycles. The molecule has 1 aliphatic carbocycles. The Morgan fingerprint density at radius 2 is 2.05 bits per heavy atom. The van der Waals surface area contributed by atoms with Crippen molar-refractivity contribution in [1.29, 1.82) is 0 Å². The van der Waals surface area contributed by atoms with Crippen LogP contribution < -0.4 is 10.6 Å². The zero-order valence-electron chi connectivity index (χ0n) is 13.3. The van der Waals surface area contributed by atoms with Gasteiger partial charge in [-0.15, -0.1) is 0 Å². The van der Waals surface area contributed by atoms with Gasteiger partial charge in [-0.25, -0.2) is 9.97 Å². The standard InChI is InChI=1S/C16H28N4/c1-5-9-17-14-10-15(19-12(2)18-14)20-13-7-6-8-16(3,4)11-13/h10,13H,5-9,11H2,1-4H3,(H2,17,18,19,20). The summed E-state index contributed by atoms with van der Waals surface area (Å²) < 4.78 is 0. The Bertz CT molecular complexity index is 442. The molecule has 112 valence electrons. The van der Waals surface area contributed by atoms with E-state index in [1.165, 1.54) is 25.7 Å². The van der Waals surface area contributed by atoms with Gasteiger partial charge >= 0.3 is 0 Å². The van der Waals surface area contributed by atoms with Gasteiger partial charge in [0.2, 0.25) is 0 Å². The first kappa shape index (κ1) is 15.1. The van der Waals surface area contributed by atoms with Crippen LogP contribution in [0.15, 0.2) is 6.07 Å². The summed E-state index contributed by atoms with van der Waals surface area (Å²) in [5, 5.41) is 6.94. The number of nitrogens with zero attached hydrogens (tertiary/aromatic N) is 2. The third-order valence-electron chi connectivity index (χ3n) is 3.95. The van der Waals surface area contributed by atoms with Gasteiger partial charge in [-0.3, -0.25) is 0 Å². The zero-order valence-corrected chi connectivity index (χ0v) is 13.3. The molecule has 0 saturated heterocycles. The van der Waals surface area contributed by atoms with E-state index in [1.807, 2.05) is 13.0 Å². The molecule has 4 nitrogen and oxygen atoms in total. The van der Waals surface area contributed by atoms with Crippen LogP contribution in [-0.2, 0) is 0 Å². The molecule has 0 radical (unpaired) electrons. The molecule has 2 N–H and O–H groups in total. The second-order valence-corrected chi connectivity index (χ2v) is 6.71. The summed E-state index contributed by atoms with van der Waals surface area (Å²) in [6.07, 6.45) is 6.19. The Balaban J connectivity index is 2.03. The van der Waals surface area contributed by atoms with E-state index >= 15 is 0 Å². The number of hydrogen-bond donors (Lipinski definition) is 2. The number of nitrogens with one attached hydrogen (secondary N) is 2. The molecule has 0 aromatic carbocycles. The predicted octanol–water partition coefficient (Wildman–Crippen LogP) is 3.99. The SMILES string of the molecule is CCCNc1cc(NC2CCCC(C)(C)C2)nc(C)n1. The maximum absolute atomic E-state index is 4.52. The lowest BCUT2D eigenvalue weighted by Gasteiger charge is -2.35. The fourth-order valence-corrected chi connectivity index (χ4v) is 3.02. The fraction of sp³-hybridized carbons (Fsp3) is 0.750. The lowest BCUT2D eigenvalue weighted by molar-refractivity contribution is 0.229. The van der Waals surface area contributed by atoms with Gasteiger partial charge in [0, 0.05) is 18.7 Å². The Labute approximate surface area is 122 Å². The Morgan fingerprint density at radius 1 is 1.30 bits per heavy atom. The molecule has 1 aliphatic rings. The Hall–Kier alpha value is -1.32. The number of hydrogen-bond acceptors (Lipinski definition) is 4. The second-order valence-electron chi connectivity index (χ2n) is 6.71. The summed E-state index contributed by atoms with van der Waals surface area (Å²) >= 11 is 0. The van der Waals surface area contributed by atoms with E-state index in [4.69, 9.17) is 0 Å². The summed E-state index contributed by atoms with van der Waals surface area (Å²) in [5.41, 5.74) is 0.446. The number of anilines is 2. The van der Waals surface area contributed by atoms with E-state index in [2.05, 4.69) is 41.4 Å². The molecule has 1 atom stereocenters. The van der Waals surface area contributed by atoms with Crippen LogP contribution in [0.3, 0.4) is 0 Å². The van der Waals surface area contributed by atoms with E-state index in [1.54, 1.807) is 0 Å². The first-order valence-electron chi connectivity index (χ1n) is 7.84. The summed E-state index contributed by atoms with van der Waals surface area (Å²) in [6.45, 7) is 9.78. The fourth-order valence-electron chi connectivity index (χ4n) is 3.02. The molecule has 0 bridgehead atoms. The van der Waals surface area contributed by atoms with Crippen molar-refractivity contribution >= 4 is 11.6 Å². The molecular weight excluding hydrogens is 248 g/mol.